The van der Waals surface area contributed by atoms with Crippen LogP contribution < -0.4 is 10.1 Å². The highest BCUT2D eigenvalue weighted by molar-refractivity contribution is 5.83. The van der Waals surface area contributed by atoms with Gasteiger partial charge in [-0.2, -0.15) is 0 Å². The number of carbonyl (C=O) groups is 1. The summed E-state index contributed by atoms with van der Waals surface area (Å²) >= 11 is 0. The largest absolute Gasteiger partial charge is 0.457 e. The summed E-state index contributed by atoms with van der Waals surface area (Å²) < 4.78 is 5.96. The summed E-state index contributed by atoms with van der Waals surface area (Å²) in [6.45, 7) is 0.642. The van der Waals surface area contributed by atoms with Crippen molar-refractivity contribution in [3.8, 4) is 11.5 Å². The molecule has 2 aliphatic heterocycles. The molecule has 19 heavy (non-hydrogen) atoms. The van der Waals surface area contributed by atoms with Gasteiger partial charge in [0.2, 0.25) is 5.91 Å². The zero-order valence-corrected chi connectivity index (χ0v) is 10.3. The van der Waals surface area contributed by atoms with E-state index in [0.717, 1.165) is 22.6 Å². The van der Waals surface area contributed by atoms with Gasteiger partial charge in [-0.15, -0.1) is 0 Å². The second kappa shape index (κ2) is 3.60. The van der Waals surface area contributed by atoms with Gasteiger partial charge in [-0.1, -0.05) is 36.4 Å². The number of ether oxygens (including phenoxy) is 1. The lowest BCUT2D eigenvalue weighted by molar-refractivity contribution is -0.119. The first kappa shape index (κ1) is 10.6. The second-order valence-electron chi connectivity index (χ2n) is 5.13. The Hall–Kier alpha value is -2.29. The predicted octanol–water partition coefficient (Wildman–Crippen LogP) is 2.60. The molecule has 1 spiro atoms. The summed E-state index contributed by atoms with van der Waals surface area (Å²) in [5.74, 6) is 1.82. The number of hydrogen-bond donors (Lipinski definition) is 1. The second-order valence-corrected chi connectivity index (χ2v) is 5.13. The number of carbonyl (C=O) groups excluding carboxylic acids is 1. The Bertz CT molecular complexity index is 632. The third-order valence-corrected chi connectivity index (χ3v) is 4.07. The van der Waals surface area contributed by atoms with Crippen LogP contribution in [0.5, 0.6) is 11.5 Å². The average Bonchev–Trinajstić information content (AvgIpc) is 2.82. The van der Waals surface area contributed by atoms with E-state index in [9.17, 15) is 4.79 Å². The molecule has 4 rings (SSSR count). The van der Waals surface area contributed by atoms with Gasteiger partial charge in [-0.3, -0.25) is 4.79 Å². The van der Waals surface area contributed by atoms with E-state index in [2.05, 4.69) is 17.4 Å². The normalized spacial score (nSPS) is 18.4. The number of fused-ring (bicyclic) bond motifs is 4. The lowest BCUT2D eigenvalue weighted by atomic mass is 9.72. The van der Waals surface area contributed by atoms with Crippen LogP contribution in [0.2, 0.25) is 0 Å². The van der Waals surface area contributed by atoms with Crippen molar-refractivity contribution in [2.75, 3.05) is 6.54 Å². The summed E-state index contributed by atoms with van der Waals surface area (Å²) in [5, 5.41) is 2.97. The van der Waals surface area contributed by atoms with Crippen LogP contribution in [0.4, 0.5) is 0 Å². The highest BCUT2D eigenvalue weighted by Gasteiger charge is 2.47. The number of rotatable bonds is 0. The third kappa shape index (κ3) is 1.35. The van der Waals surface area contributed by atoms with Gasteiger partial charge in [-0.05, 0) is 12.1 Å². The van der Waals surface area contributed by atoms with Crippen LogP contribution in [-0.4, -0.2) is 12.5 Å². The van der Waals surface area contributed by atoms with Crippen molar-refractivity contribution in [1.82, 2.24) is 5.32 Å². The molecule has 0 aromatic heterocycles. The van der Waals surface area contributed by atoms with Gasteiger partial charge in [-0.25, -0.2) is 0 Å². The van der Waals surface area contributed by atoms with E-state index < -0.39 is 0 Å². The van der Waals surface area contributed by atoms with E-state index in [4.69, 9.17) is 4.74 Å². The van der Waals surface area contributed by atoms with Crippen molar-refractivity contribution < 1.29 is 9.53 Å². The predicted molar refractivity (Wildman–Crippen MR) is 71.4 cm³/mol. The van der Waals surface area contributed by atoms with E-state index in [1.807, 2.05) is 36.4 Å². The van der Waals surface area contributed by atoms with Crippen molar-refractivity contribution in [1.29, 1.82) is 0 Å². The molecular formula is C16H13NO2. The maximum Gasteiger partial charge on any atom is 0.221 e. The highest BCUT2D eigenvalue weighted by atomic mass is 16.5. The van der Waals surface area contributed by atoms with Crippen LogP contribution in [-0.2, 0) is 10.2 Å². The van der Waals surface area contributed by atoms with E-state index >= 15 is 0 Å². The van der Waals surface area contributed by atoms with E-state index in [0.29, 0.717) is 13.0 Å². The molecule has 0 saturated carbocycles. The monoisotopic (exact) mass is 251 g/mol. The Morgan fingerprint density at radius 2 is 1.53 bits per heavy atom. The molecule has 2 aromatic rings. The molecule has 3 heteroatoms. The number of hydrogen-bond acceptors (Lipinski definition) is 2. The highest BCUT2D eigenvalue weighted by Crippen LogP contribution is 2.50. The van der Waals surface area contributed by atoms with Gasteiger partial charge in [0.1, 0.15) is 11.5 Å². The summed E-state index contributed by atoms with van der Waals surface area (Å²) in [7, 11) is 0. The first-order valence-electron chi connectivity index (χ1n) is 6.43. The molecule has 1 amide bonds. The Morgan fingerprint density at radius 3 is 2.05 bits per heavy atom. The van der Waals surface area contributed by atoms with Crippen molar-refractivity contribution in [2.45, 2.75) is 11.8 Å². The average molecular weight is 251 g/mol. The fourth-order valence-electron chi connectivity index (χ4n) is 3.19. The minimum absolute atomic E-state index is 0.103. The van der Waals surface area contributed by atoms with Crippen molar-refractivity contribution >= 4 is 5.91 Å². The quantitative estimate of drug-likeness (QED) is 0.781. The van der Waals surface area contributed by atoms with Gasteiger partial charge < -0.3 is 10.1 Å². The van der Waals surface area contributed by atoms with Gasteiger partial charge in [0.15, 0.2) is 0 Å². The van der Waals surface area contributed by atoms with Crippen LogP contribution >= 0.6 is 0 Å². The molecule has 94 valence electrons. The smallest absolute Gasteiger partial charge is 0.221 e. The minimum Gasteiger partial charge on any atom is -0.457 e. The first-order valence-corrected chi connectivity index (χ1v) is 6.43. The summed E-state index contributed by atoms with van der Waals surface area (Å²) in [5.41, 5.74) is 1.93. The van der Waals surface area contributed by atoms with E-state index in [1.165, 1.54) is 0 Å². The molecule has 1 N–H and O–H groups in total. The number of amides is 1. The Balaban J connectivity index is 2.01. The van der Waals surface area contributed by atoms with Crippen molar-refractivity contribution in [2.24, 2.45) is 0 Å². The first-order chi connectivity index (χ1) is 9.29. The molecule has 0 atom stereocenters. The number of benzene rings is 2. The Morgan fingerprint density at radius 1 is 0.947 bits per heavy atom. The standard InChI is InChI=1S/C16H13NO2/c18-15-9-16(10-17-15)11-5-1-3-7-13(11)19-14-8-4-2-6-12(14)16/h1-8H,9-10H2,(H,17,18). The summed E-state index contributed by atoms with van der Waals surface area (Å²) in [4.78, 5) is 11.8. The summed E-state index contributed by atoms with van der Waals surface area (Å²) in [6, 6.07) is 16.0. The lowest BCUT2D eigenvalue weighted by Gasteiger charge is -2.35. The van der Waals surface area contributed by atoms with Crippen LogP contribution in [0.25, 0.3) is 0 Å². The van der Waals surface area contributed by atoms with Crippen LogP contribution in [0.1, 0.15) is 17.5 Å². The molecule has 2 aliphatic rings. The number of para-hydroxylation sites is 2. The molecule has 0 bridgehead atoms. The van der Waals surface area contributed by atoms with Crippen LogP contribution in [0, 0.1) is 0 Å². The molecule has 0 radical (unpaired) electrons. The molecule has 1 saturated heterocycles. The van der Waals surface area contributed by atoms with E-state index in [1.54, 1.807) is 0 Å². The lowest BCUT2D eigenvalue weighted by Crippen LogP contribution is -2.33. The molecule has 2 heterocycles. The SMILES string of the molecule is O=C1CC2(CN1)c1ccccc1Oc1ccccc12. The van der Waals surface area contributed by atoms with Crippen LogP contribution in [0.15, 0.2) is 48.5 Å². The molecule has 0 aliphatic carbocycles. The van der Waals surface area contributed by atoms with Crippen molar-refractivity contribution in [3.05, 3.63) is 59.7 Å². The molecular weight excluding hydrogens is 238 g/mol. The van der Waals surface area contributed by atoms with Gasteiger partial charge in [0, 0.05) is 24.1 Å². The Kier molecular flexibility index (Phi) is 2.01. The molecule has 0 unspecified atom stereocenters. The zero-order chi connectivity index (χ0) is 12.9. The maximum atomic E-state index is 11.8. The van der Waals surface area contributed by atoms with Gasteiger partial charge in [0.05, 0.1) is 5.41 Å². The third-order valence-electron chi connectivity index (χ3n) is 4.07. The molecule has 3 nitrogen and oxygen atoms in total. The zero-order valence-electron chi connectivity index (χ0n) is 10.3. The molecule has 1 fully saturated rings. The minimum atomic E-state index is -0.275. The Labute approximate surface area is 111 Å². The van der Waals surface area contributed by atoms with Gasteiger partial charge >= 0.3 is 0 Å². The van der Waals surface area contributed by atoms with E-state index in [-0.39, 0.29) is 11.3 Å². The maximum absolute atomic E-state index is 11.8. The van der Waals surface area contributed by atoms with Crippen LogP contribution in [0.3, 0.4) is 0 Å². The summed E-state index contributed by atoms with van der Waals surface area (Å²) in [6.07, 6.45) is 0.490. The fourth-order valence-corrected chi connectivity index (χ4v) is 3.19. The fraction of sp³-hybridized carbons (Fsp3) is 0.188. The molecule has 2 aromatic carbocycles. The van der Waals surface area contributed by atoms with Crippen molar-refractivity contribution in [3.63, 3.8) is 0 Å². The number of nitrogens with one attached hydrogen (secondary N) is 1. The topological polar surface area (TPSA) is 38.3 Å². The van der Waals surface area contributed by atoms with Gasteiger partial charge in [0.25, 0.3) is 0 Å².